The number of hydrogen-bond donors (Lipinski definition) is 1. The van der Waals surface area contributed by atoms with Crippen LogP contribution in [0.1, 0.15) is 23.2 Å². The second kappa shape index (κ2) is 8.05. The van der Waals surface area contributed by atoms with Crippen molar-refractivity contribution in [1.82, 2.24) is 5.32 Å². The lowest BCUT2D eigenvalue weighted by molar-refractivity contribution is 0.0852. The minimum absolute atomic E-state index is 0.279. The molecule has 0 unspecified atom stereocenters. The van der Waals surface area contributed by atoms with E-state index in [1.165, 1.54) is 0 Å². The molecule has 1 fully saturated rings. The van der Waals surface area contributed by atoms with Crippen LogP contribution in [-0.2, 0) is 9.47 Å². The monoisotopic (exact) mass is 299 g/mol. The molecule has 1 aliphatic heterocycles. The van der Waals surface area contributed by atoms with Crippen LogP contribution in [0.15, 0.2) is 18.2 Å². The number of carbonyl (C=O) groups excluding carboxylic acids is 1. The van der Waals surface area contributed by atoms with E-state index in [0.29, 0.717) is 32.1 Å². The van der Waals surface area contributed by atoms with E-state index in [9.17, 15) is 13.6 Å². The van der Waals surface area contributed by atoms with Crippen molar-refractivity contribution >= 4 is 5.91 Å². The lowest BCUT2D eigenvalue weighted by atomic mass is 10.1. The van der Waals surface area contributed by atoms with Crippen molar-refractivity contribution in [3.05, 3.63) is 35.4 Å². The van der Waals surface area contributed by atoms with Crippen molar-refractivity contribution in [2.75, 3.05) is 33.0 Å². The zero-order valence-electron chi connectivity index (χ0n) is 11.7. The molecule has 0 spiro atoms. The van der Waals surface area contributed by atoms with E-state index in [0.717, 1.165) is 37.8 Å². The Morgan fingerprint density at radius 3 is 3.05 bits per heavy atom. The van der Waals surface area contributed by atoms with Crippen LogP contribution in [0.4, 0.5) is 8.78 Å². The van der Waals surface area contributed by atoms with Crippen molar-refractivity contribution in [3.8, 4) is 0 Å². The van der Waals surface area contributed by atoms with Crippen LogP contribution >= 0.6 is 0 Å². The van der Waals surface area contributed by atoms with Crippen molar-refractivity contribution in [1.29, 1.82) is 0 Å². The van der Waals surface area contributed by atoms with Crippen LogP contribution in [0.25, 0.3) is 0 Å². The van der Waals surface area contributed by atoms with Crippen LogP contribution in [0.5, 0.6) is 0 Å². The lowest BCUT2D eigenvalue weighted by Gasteiger charge is -2.09. The SMILES string of the molecule is O=C(NCCCOC[C@H]1CCOC1)c1cc(F)ccc1F. The summed E-state index contributed by atoms with van der Waals surface area (Å²) < 4.78 is 37.0. The van der Waals surface area contributed by atoms with Gasteiger partial charge in [-0.25, -0.2) is 8.78 Å². The highest BCUT2D eigenvalue weighted by atomic mass is 19.1. The quantitative estimate of drug-likeness (QED) is 0.785. The van der Waals surface area contributed by atoms with Crippen molar-refractivity contribution in [2.45, 2.75) is 12.8 Å². The molecule has 0 aliphatic carbocycles. The Balaban J connectivity index is 1.61. The normalized spacial score (nSPS) is 17.9. The fourth-order valence-electron chi connectivity index (χ4n) is 2.11. The number of amides is 1. The van der Waals surface area contributed by atoms with Gasteiger partial charge in [0.05, 0.1) is 18.8 Å². The highest BCUT2D eigenvalue weighted by Gasteiger charge is 2.15. The van der Waals surface area contributed by atoms with Crippen LogP contribution < -0.4 is 5.32 Å². The fraction of sp³-hybridized carbons (Fsp3) is 0.533. The molecule has 4 nitrogen and oxygen atoms in total. The summed E-state index contributed by atoms with van der Waals surface area (Å²) in [7, 11) is 0. The molecule has 0 bridgehead atoms. The van der Waals surface area contributed by atoms with Gasteiger partial charge in [0.25, 0.3) is 5.91 Å². The predicted octanol–water partition coefficient (Wildman–Crippen LogP) is 2.14. The van der Waals surface area contributed by atoms with Crippen molar-refractivity contribution in [2.24, 2.45) is 5.92 Å². The van der Waals surface area contributed by atoms with Gasteiger partial charge in [-0.3, -0.25) is 4.79 Å². The Bertz CT molecular complexity index is 476. The summed E-state index contributed by atoms with van der Waals surface area (Å²) in [4.78, 5) is 11.7. The summed E-state index contributed by atoms with van der Waals surface area (Å²) in [6.45, 7) is 3.07. The summed E-state index contributed by atoms with van der Waals surface area (Å²) in [6.07, 6.45) is 1.64. The molecule has 6 heteroatoms. The van der Waals surface area contributed by atoms with E-state index in [2.05, 4.69) is 5.32 Å². The molecule has 1 N–H and O–H groups in total. The smallest absolute Gasteiger partial charge is 0.254 e. The first kappa shape index (κ1) is 15.9. The van der Waals surface area contributed by atoms with E-state index in [1.807, 2.05) is 0 Å². The molecule has 1 aromatic rings. The number of nitrogens with one attached hydrogen (secondary N) is 1. The van der Waals surface area contributed by atoms with Crippen LogP contribution in [0.2, 0.25) is 0 Å². The van der Waals surface area contributed by atoms with Gasteiger partial charge in [0.1, 0.15) is 11.6 Å². The van der Waals surface area contributed by atoms with Crippen molar-refractivity contribution < 1.29 is 23.0 Å². The highest BCUT2D eigenvalue weighted by Crippen LogP contribution is 2.12. The van der Waals surface area contributed by atoms with E-state index in [1.54, 1.807) is 0 Å². The van der Waals surface area contributed by atoms with Gasteiger partial charge >= 0.3 is 0 Å². The van der Waals surface area contributed by atoms with Gasteiger partial charge in [-0.1, -0.05) is 0 Å². The summed E-state index contributed by atoms with van der Waals surface area (Å²) in [5, 5.41) is 2.55. The molecular weight excluding hydrogens is 280 g/mol. The lowest BCUT2D eigenvalue weighted by Crippen LogP contribution is -2.26. The van der Waals surface area contributed by atoms with Gasteiger partial charge in [-0.05, 0) is 31.0 Å². The maximum Gasteiger partial charge on any atom is 0.254 e. The standard InChI is InChI=1S/C15H19F2NO3/c16-12-2-3-14(17)13(8-12)15(19)18-5-1-6-20-9-11-4-7-21-10-11/h2-3,8,11H,1,4-7,9-10H2,(H,18,19)/t11-/m1/s1. The van der Waals surface area contributed by atoms with E-state index < -0.39 is 17.5 Å². The largest absolute Gasteiger partial charge is 0.381 e. The molecule has 0 radical (unpaired) electrons. The van der Waals surface area contributed by atoms with Crippen LogP contribution in [0, 0.1) is 17.6 Å². The Labute approximate surface area is 122 Å². The molecule has 0 saturated carbocycles. The second-order valence-electron chi connectivity index (χ2n) is 5.04. The third-order valence-corrected chi connectivity index (χ3v) is 3.30. The van der Waals surface area contributed by atoms with Crippen LogP contribution in [-0.4, -0.2) is 38.9 Å². The zero-order chi connectivity index (χ0) is 15.1. The molecule has 2 rings (SSSR count). The topological polar surface area (TPSA) is 47.6 Å². The first-order chi connectivity index (χ1) is 10.2. The summed E-state index contributed by atoms with van der Waals surface area (Å²) in [5.41, 5.74) is -0.279. The molecular formula is C15H19F2NO3. The number of carbonyl (C=O) groups is 1. The number of hydrogen-bond acceptors (Lipinski definition) is 3. The van der Waals surface area contributed by atoms with Gasteiger partial charge in [0.2, 0.25) is 0 Å². The first-order valence-corrected chi connectivity index (χ1v) is 7.05. The molecule has 116 valence electrons. The summed E-state index contributed by atoms with van der Waals surface area (Å²) in [6, 6.07) is 2.81. The minimum atomic E-state index is -0.730. The average molecular weight is 299 g/mol. The van der Waals surface area contributed by atoms with Crippen LogP contribution in [0.3, 0.4) is 0 Å². The number of benzene rings is 1. The fourth-order valence-corrected chi connectivity index (χ4v) is 2.11. The molecule has 1 heterocycles. The molecule has 1 aromatic carbocycles. The highest BCUT2D eigenvalue weighted by molar-refractivity contribution is 5.94. The zero-order valence-corrected chi connectivity index (χ0v) is 11.7. The predicted molar refractivity (Wildman–Crippen MR) is 73.1 cm³/mol. The third-order valence-electron chi connectivity index (χ3n) is 3.30. The Hall–Kier alpha value is -1.53. The van der Waals surface area contributed by atoms with E-state index in [-0.39, 0.29) is 5.56 Å². The molecule has 21 heavy (non-hydrogen) atoms. The Kier molecular flexibility index (Phi) is 6.07. The molecule has 0 aromatic heterocycles. The first-order valence-electron chi connectivity index (χ1n) is 7.05. The molecule has 1 amide bonds. The molecule has 1 atom stereocenters. The van der Waals surface area contributed by atoms with E-state index in [4.69, 9.17) is 9.47 Å². The molecule has 1 saturated heterocycles. The van der Waals surface area contributed by atoms with E-state index >= 15 is 0 Å². The van der Waals surface area contributed by atoms with Gasteiger partial charge in [-0.15, -0.1) is 0 Å². The second-order valence-corrected chi connectivity index (χ2v) is 5.04. The number of halogens is 2. The van der Waals surface area contributed by atoms with Gasteiger partial charge in [0.15, 0.2) is 0 Å². The minimum Gasteiger partial charge on any atom is -0.381 e. The number of ether oxygens (including phenoxy) is 2. The Morgan fingerprint density at radius 1 is 1.43 bits per heavy atom. The maximum absolute atomic E-state index is 13.4. The van der Waals surface area contributed by atoms with Gasteiger partial charge in [0, 0.05) is 25.7 Å². The van der Waals surface area contributed by atoms with Gasteiger partial charge in [-0.2, -0.15) is 0 Å². The summed E-state index contributed by atoms with van der Waals surface area (Å²) >= 11 is 0. The maximum atomic E-state index is 13.4. The summed E-state index contributed by atoms with van der Waals surface area (Å²) in [5.74, 6) is -1.52. The molecule has 1 aliphatic rings. The van der Waals surface area contributed by atoms with Crippen molar-refractivity contribution in [3.63, 3.8) is 0 Å². The number of rotatable bonds is 7. The Morgan fingerprint density at radius 2 is 2.29 bits per heavy atom. The third kappa shape index (κ3) is 5.06. The van der Waals surface area contributed by atoms with Gasteiger partial charge < -0.3 is 14.8 Å². The average Bonchev–Trinajstić information content (AvgIpc) is 2.98.